The summed E-state index contributed by atoms with van der Waals surface area (Å²) in [5, 5.41) is 9.21. The second kappa shape index (κ2) is 5.07. The summed E-state index contributed by atoms with van der Waals surface area (Å²) in [5.41, 5.74) is 0.849. The Morgan fingerprint density at radius 3 is 2.53 bits per heavy atom. The van der Waals surface area contributed by atoms with Crippen LogP contribution in [0.5, 0.6) is 5.75 Å². The SMILES string of the molecule is CCOc1ccc(C(O)C(F)F)c(C)c1. The number of hydrogen-bond donors (Lipinski definition) is 1. The summed E-state index contributed by atoms with van der Waals surface area (Å²) in [7, 11) is 0. The molecule has 1 rings (SSSR count). The van der Waals surface area contributed by atoms with Gasteiger partial charge in [0.2, 0.25) is 0 Å². The third-order valence-electron chi connectivity index (χ3n) is 2.11. The van der Waals surface area contributed by atoms with Gasteiger partial charge in [-0.15, -0.1) is 0 Å². The highest BCUT2D eigenvalue weighted by Crippen LogP contribution is 2.26. The Kier molecular flexibility index (Phi) is 4.03. The zero-order valence-electron chi connectivity index (χ0n) is 8.71. The lowest BCUT2D eigenvalue weighted by atomic mass is 10.0. The molecule has 0 aliphatic rings. The van der Waals surface area contributed by atoms with E-state index in [2.05, 4.69) is 0 Å². The molecule has 0 amide bonds. The van der Waals surface area contributed by atoms with Crippen LogP contribution in [-0.2, 0) is 0 Å². The minimum absolute atomic E-state index is 0.244. The molecule has 4 heteroatoms. The number of aliphatic hydroxyl groups excluding tert-OH is 1. The minimum Gasteiger partial charge on any atom is -0.494 e. The molecule has 0 aliphatic heterocycles. The first-order valence-electron chi connectivity index (χ1n) is 4.75. The van der Waals surface area contributed by atoms with Crippen molar-refractivity contribution in [2.24, 2.45) is 0 Å². The van der Waals surface area contributed by atoms with Crippen LogP contribution in [0.1, 0.15) is 24.2 Å². The van der Waals surface area contributed by atoms with Crippen molar-refractivity contribution < 1.29 is 18.6 Å². The zero-order chi connectivity index (χ0) is 11.4. The summed E-state index contributed by atoms with van der Waals surface area (Å²) < 4.78 is 29.7. The van der Waals surface area contributed by atoms with E-state index in [4.69, 9.17) is 4.74 Å². The second-order valence-corrected chi connectivity index (χ2v) is 3.23. The standard InChI is InChI=1S/C11H14F2O2/c1-3-15-8-4-5-9(7(2)6-8)10(14)11(12)13/h4-6,10-11,14H,3H2,1-2H3. The molecule has 0 aromatic heterocycles. The molecule has 0 radical (unpaired) electrons. The van der Waals surface area contributed by atoms with E-state index in [1.807, 2.05) is 6.92 Å². The van der Waals surface area contributed by atoms with Gasteiger partial charge in [-0.1, -0.05) is 6.07 Å². The van der Waals surface area contributed by atoms with E-state index in [0.717, 1.165) is 0 Å². The fourth-order valence-corrected chi connectivity index (χ4v) is 1.37. The number of aliphatic hydroxyl groups is 1. The fraction of sp³-hybridized carbons (Fsp3) is 0.455. The van der Waals surface area contributed by atoms with E-state index in [1.165, 1.54) is 6.07 Å². The molecule has 0 bridgehead atoms. The monoisotopic (exact) mass is 216 g/mol. The number of aryl methyl sites for hydroxylation is 1. The molecular weight excluding hydrogens is 202 g/mol. The molecule has 0 heterocycles. The highest BCUT2D eigenvalue weighted by Gasteiger charge is 2.20. The third kappa shape index (κ3) is 2.89. The average Bonchev–Trinajstić information content (AvgIpc) is 2.17. The summed E-state index contributed by atoms with van der Waals surface area (Å²) >= 11 is 0. The summed E-state index contributed by atoms with van der Waals surface area (Å²) in [6.07, 6.45) is -4.48. The van der Waals surface area contributed by atoms with Crippen LogP contribution in [0.2, 0.25) is 0 Å². The van der Waals surface area contributed by atoms with Gasteiger partial charge in [0.15, 0.2) is 0 Å². The lowest BCUT2D eigenvalue weighted by Gasteiger charge is -2.13. The smallest absolute Gasteiger partial charge is 0.268 e. The van der Waals surface area contributed by atoms with Gasteiger partial charge in [0, 0.05) is 0 Å². The topological polar surface area (TPSA) is 29.5 Å². The van der Waals surface area contributed by atoms with E-state index in [0.29, 0.717) is 17.9 Å². The molecule has 0 spiro atoms. The number of rotatable bonds is 4. The Labute approximate surface area is 87.5 Å². The van der Waals surface area contributed by atoms with Crippen molar-refractivity contribution in [2.45, 2.75) is 26.4 Å². The molecule has 15 heavy (non-hydrogen) atoms. The summed E-state index contributed by atoms with van der Waals surface area (Å²) in [6, 6.07) is 4.69. The van der Waals surface area contributed by atoms with Crippen LogP contribution in [0.15, 0.2) is 18.2 Å². The van der Waals surface area contributed by atoms with Gasteiger partial charge in [0.05, 0.1) is 6.61 Å². The largest absolute Gasteiger partial charge is 0.494 e. The first-order chi connectivity index (χ1) is 7.06. The highest BCUT2D eigenvalue weighted by molar-refractivity contribution is 5.36. The molecule has 84 valence electrons. The van der Waals surface area contributed by atoms with Crippen LogP contribution in [0, 0.1) is 6.92 Å². The number of alkyl halides is 2. The Balaban J connectivity index is 2.92. The highest BCUT2D eigenvalue weighted by atomic mass is 19.3. The molecule has 0 fully saturated rings. The van der Waals surface area contributed by atoms with E-state index < -0.39 is 12.5 Å². The maximum Gasteiger partial charge on any atom is 0.268 e. The van der Waals surface area contributed by atoms with Crippen LogP contribution in [0.25, 0.3) is 0 Å². The number of halogens is 2. The lowest BCUT2D eigenvalue weighted by Crippen LogP contribution is -2.09. The van der Waals surface area contributed by atoms with E-state index in [1.54, 1.807) is 19.1 Å². The average molecular weight is 216 g/mol. The van der Waals surface area contributed by atoms with Crippen molar-refractivity contribution in [3.63, 3.8) is 0 Å². The molecule has 1 N–H and O–H groups in total. The number of hydrogen-bond acceptors (Lipinski definition) is 2. The van der Waals surface area contributed by atoms with Crippen molar-refractivity contribution >= 4 is 0 Å². The minimum atomic E-state index is -2.76. The van der Waals surface area contributed by atoms with Gasteiger partial charge in [-0.3, -0.25) is 0 Å². The van der Waals surface area contributed by atoms with Crippen LogP contribution in [0.3, 0.4) is 0 Å². The number of benzene rings is 1. The molecule has 0 saturated heterocycles. The first-order valence-corrected chi connectivity index (χ1v) is 4.75. The Morgan fingerprint density at radius 2 is 2.07 bits per heavy atom. The fourth-order valence-electron chi connectivity index (χ4n) is 1.37. The van der Waals surface area contributed by atoms with Crippen molar-refractivity contribution in [3.8, 4) is 5.75 Å². The summed E-state index contributed by atoms with van der Waals surface area (Å²) in [5.74, 6) is 0.625. The Hall–Kier alpha value is -1.16. The maximum absolute atomic E-state index is 12.3. The normalized spacial score (nSPS) is 12.9. The van der Waals surface area contributed by atoms with Gasteiger partial charge >= 0.3 is 0 Å². The molecule has 0 aliphatic carbocycles. The summed E-state index contributed by atoms with van der Waals surface area (Å²) in [4.78, 5) is 0. The Morgan fingerprint density at radius 1 is 1.40 bits per heavy atom. The summed E-state index contributed by atoms with van der Waals surface area (Å²) in [6.45, 7) is 4.04. The van der Waals surface area contributed by atoms with Gasteiger partial charge in [0.25, 0.3) is 6.43 Å². The third-order valence-corrected chi connectivity index (χ3v) is 2.11. The van der Waals surface area contributed by atoms with Crippen LogP contribution < -0.4 is 4.74 Å². The predicted octanol–water partition coefficient (Wildman–Crippen LogP) is 2.69. The molecule has 1 aromatic carbocycles. The molecular formula is C11H14F2O2. The Bertz CT molecular complexity index is 326. The zero-order valence-corrected chi connectivity index (χ0v) is 8.71. The van der Waals surface area contributed by atoms with E-state index in [-0.39, 0.29) is 5.56 Å². The molecule has 1 unspecified atom stereocenters. The van der Waals surface area contributed by atoms with Gasteiger partial charge in [-0.05, 0) is 37.1 Å². The lowest BCUT2D eigenvalue weighted by molar-refractivity contribution is -0.00615. The molecule has 1 aromatic rings. The van der Waals surface area contributed by atoms with Crippen LogP contribution in [0.4, 0.5) is 8.78 Å². The van der Waals surface area contributed by atoms with Gasteiger partial charge in [0.1, 0.15) is 11.9 Å². The molecule has 0 saturated carbocycles. The van der Waals surface area contributed by atoms with Crippen molar-refractivity contribution in [1.29, 1.82) is 0 Å². The van der Waals surface area contributed by atoms with E-state index in [9.17, 15) is 13.9 Å². The van der Waals surface area contributed by atoms with Gasteiger partial charge in [-0.2, -0.15) is 0 Å². The van der Waals surface area contributed by atoms with Crippen LogP contribution >= 0.6 is 0 Å². The van der Waals surface area contributed by atoms with Gasteiger partial charge < -0.3 is 9.84 Å². The van der Waals surface area contributed by atoms with Crippen molar-refractivity contribution in [2.75, 3.05) is 6.61 Å². The van der Waals surface area contributed by atoms with Crippen molar-refractivity contribution in [1.82, 2.24) is 0 Å². The predicted molar refractivity (Wildman–Crippen MR) is 53.3 cm³/mol. The molecule has 2 nitrogen and oxygen atoms in total. The van der Waals surface area contributed by atoms with Crippen LogP contribution in [-0.4, -0.2) is 18.1 Å². The maximum atomic E-state index is 12.3. The second-order valence-electron chi connectivity index (χ2n) is 3.23. The molecule has 1 atom stereocenters. The first kappa shape index (κ1) is 11.9. The van der Waals surface area contributed by atoms with E-state index >= 15 is 0 Å². The quantitative estimate of drug-likeness (QED) is 0.838. The van der Waals surface area contributed by atoms with Gasteiger partial charge in [-0.25, -0.2) is 8.78 Å². The van der Waals surface area contributed by atoms with Crippen molar-refractivity contribution in [3.05, 3.63) is 29.3 Å². The number of ether oxygens (including phenoxy) is 1.